The quantitative estimate of drug-likeness (QED) is 0.316. The summed E-state index contributed by atoms with van der Waals surface area (Å²) in [4.78, 5) is 39.1. The van der Waals surface area contributed by atoms with E-state index in [1.165, 1.54) is 22.3 Å². The first-order chi connectivity index (χ1) is 20.4. The summed E-state index contributed by atoms with van der Waals surface area (Å²) in [6.07, 6.45) is 0.174. The molecule has 0 bridgehead atoms. The Morgan fingerprint density at radius 3 is 2.12 bits per heavy atom. The van der Waals surface area contributed by atoms with E-state index in [9.17, 15) is 19.5 Å². The van der Waals surface area contributed by atoms with Crippen molar-refractivity contribution in [3.63, 3.8) is 0 Å². The van der Waals surface area contributed by atoms with Crippen molar-refractivity contribution in [1.82, 2.24) is 15.5 Å². The molecule has 0 aromatic heterocycles. The zero-order chi connectivity index (χ0) is 29.5. The molecule has 3 aromatic carbocycles. The lowest BCUT2D eigenvalue weighted by atomic mass is 9.98. The molecule has 3 N–H and O–H groups in total. The normalized spacial score (nSPS) is 16.6. The Balaban J connectivity index is 1.04. The fraction of sp³-hybridized carbons (Fsp3) is 0.364. The minimum Gasteiger partial charge on any atom is -0.480 e. The lowest BCUT2D eigenvalue weighted by Crippen LogP contribution is -2.52. The molecule has 1 saturated heterocycles. The van der Waals surface area contributed by atoms with E-state index < -0.39 is 24.2 Å². The number of nitrogens with one attached hydrogen (secondary N) is 2. The Kier molecular flexibility index (Phi) is 9.51. The largest absolute Gasteiger partial charge is 0.480 e. The molecule has 1 aliphatic heterocycles. The molecule has 0 saturated carbocycles. The molecule has 2 aliphatic rings. The van der Waals surface area contributed by atoms with E-state index in [0.29, 0.717) is 25.9 Å². The van der Waals surface area contributed by atoms with Crippen LogP contribution in [0.4, 0.5) is 4.79 Å². The second-order valence-corrected chi connectivity index (χ2v) is 10.9. The van der Waals surface area contributed by atoms with Crippen LogP contribution in [0, 0.1) is 0 Å². The highest BCUT2D eigenvalue weighted by molar-refractivity contribution is 5.85. The Bertz CT molecular complexity index is 1340. The number of nitrogens with zero attached hydrogens (tertiary/aromatic N) is 1. The van der Waals surface area contributed by atoms with Crippen LogP contribution in [0.25, 0.3) is 11.1 Å². The molecule has 220 valence electrons. The van der Waals surface area contributed by atoms with Gasteiger partial charge >= 0.3 is 12.1 Å². The maximum absolute atomic E-state index is 12.7. The number of amides is 2. The zero-order valence-electron chi connectivity index (χ0n) is 23.7. The molecule has 3 aromatic rings. The van der Waals surface area contributed by atoms with Gasteiger partial charge in [0.25, 0.3) is 0 Å². The van der Waals surface area contributed by atoms with Gasteiger partial charge in [-0.1, -0.05) is 78.9 Å². The summed E-state index contributed by atoms with van der Waals surface area (Å²) in [6.45, 7) is 3.43. The standard InChI is InChI=1S/C33H37N3O6/c1-22(41-20-23-9-3-2-4-10-23)31(32(38)39)35-30(37)19-36-17-15-24(16-18-36)34-33(40)42-21-29-27-13-7-5-11-25(27)26-12-6-8-14-28(26)29/h2-14,22,24,29,31H,15-21H2,1H3,(H,34,40)(H,35,37)(H,38,39)/t22-,31+/m0/s1. The van der Waals surface area contributed by atoms with Crippen molar-refractivity contribution in [3.8, 4) is 11.1 Å². The number of carbonyl (C=O) groups is 3. The monoisotopic (exact) mass is 571 g/mol. The molecule has 1 heterocycles. The fourth-order valence-corrected chi connectivity index (χ4v) is 5.74. The lowest BCUT2D eigenvalue weighted by Gasteiger charge is -2.32. The number of hydrogen-bond donors (Lipinski definition) is 3. The number of alkyl carbamates (subject to hydrolysis) is 1. The third-order valence-electron chi connectivity index (χ3n) is 8.03. The van der Waals surface area contributed by atoms with E-state index in [4.69, 9.17) is 9.47 Å². The molecule has 1 fully saturated rings. The SMILES string of the molecule is C[C@H](OCc1ccccc1)[C@@H](NC(=O)CN1CCC(NC(=O)OCC2c3ccccc3-c3ccccc32)CC1)C(=O)O. The first-order valence-electron chi connectivity index (χ1n) is 14.4. The third-order valence-corrected chi connectivity index (χ3v) is 8.03. The molecule has 5 rings (SSSR count). The molecule has 2 atom stereocenters. The lowest BCUT2D eigenvalue weighted by molar-refractivity contribution is -0.146. The van der Waals surface area contributed by atoms with E-state index in [1.807, 2.05) is 59.5 Å². The number of rotatable bonds is 11. The van der Waals surface area contributed by atoms with Crippen molar-refractivity contribution < 1.29 is 29.0 Å². The van der Waals surface area contributed by atoms with Gasteiger partial charge in [0.05, 0.1) is 19.3 Å². The fourth-order valence-electron chi connectivity index (χ4n) is 5.74. The summed E-state index contributed by atoms with van der Waals surface area (Å²) in [6, 6.07) is 24.7. The number of benzene rings is 3. The van der Waals surface area contributed by atoms with E-state index in [2.05, 4.69) is 34.9 Å². The van der Waals surface area contributed by atoms with Crippen molar-refractivity contribution in [3.05, 3.63) is 95.6 Å². The van der Waals surface area contributed by atoms with E-state index in [1.54, 1.807) is 6.92 Å². The van der Waals surface area contributed by atoms with Gasteiger partial charge in [-0.15, -0.1) is 0 Å². The summed E-state index contributed by atoms with van der Waals surface area (Å²) in [5.74, 6) is -1.51. The molecular weight excluding hydrogens is 534 g/mol. The first-order valence-corrected chi connectivity index (χ1v) is 14.4. The van der Waals surface area contributed by atoms with Crippen LogP contribution >= 0.6 is 0 Å². The van der Waals surface area contributed by atoms with Gasteiger partial charge < -0.3 is 25.2 Å². The van der Waals surface area contributed by atoms with Crippen LogP contribution < -0.4 is 10.6 Å². The van der Waals surface area contributed by atoms with Gasteiger partial charge in [-0.25, -0.2) is 9.59 Å². The topological polar surface area (TPSA) is 117 Å². The van der Waals surface area contributed by atoms with Crippen LogP contribution in [0.2, 0.25) is 0 Å². The predicted octanol–water partition coefficient (Wildman–Crippen LogP) is 4.16. The van der Waals surface area contributed by atoms with Crippen LogP contribution in [0.15, 0.2) is 78.9 Å². The van der Waals surface area contributed by atoms with Gasteiger partial charge in [-0.05, 0) is 47.6 Å². The molecule has 0 unspecified atom stereocenters. The molecule has 9 nitrogen and oxygen atoms in total. The smallest absolute Gasteiger partial charge is 0.407 e. The van der Waals surface area contributed by atoms with Gasteiger partial charge in [0.15, 0.2) is 6.04 Å². The highest BCUT2D eigenvalue weighted by Gasteiger charge is 2.31. The minimum atomic E-state index is -1.16. The van der Waals surface area contributed by atoms with Gasteiger partial charge in [0.1, 0.15) is 6.61 Å². The number of ether oxygens (including phenoxy) is 2. The Morgan fingerprint density at radius 1 is 0.905 bits per heavy atom. The maximum Gasteiger partial charge on any atom is 0.407 e. The van der Waals surface area contributed by atoms with Crippen molar-refractivity contribution >= 4 is 18.0 Å². The van der Waals surface area contributed by atoms with Crippen LogP contribution in [-0.2, 0) is 25.7 Å². The highest BCUT2D eigenvalue weighted by Crippen LogP contribution is 2.44. The zero-order valence-corrected chi connectivity index (χ0v) is 23.7. The number of aliphatic carboxylic acids is 1. The molecule has 0 radical (unpaired) electrons. The van der Waals surface area contributed by atoms with Gasteiger partial charge in [0, 0.05) is 25.0 Å². The van der Waals surface area contributed by atoms with E-state index in [-0.39, 0.29) is 37.6 Å². The average molecular weight is 572 g/mol. The van der Waals surface area contributed by atoms with Crippen LogP contribution in [0.1, 0.15) is 42.4 Å². The molecule has 1 aliphatic carbocycles. The summed E-state index contributed by atoms with van der Waals surface area (Å²) >= 11 is 0. The second kappa shape index (κ2) is 13.6. The Morgan fingerprint density at radius 2 is 1.50 bits per heavy atom. The molecule has 2 amide bonds. The average Bonchev–Trinajstić information content (AvgIpc) is 3.32. The summed E-state index contributed by atoms with van der Waals surface area (Å²) < 4.78 is 11.4. The van der Waals surface area contributed by atoms with Gasteiger partial charge in [-0.3, -0.25) is 9.69 Å². The van der Waals surface area contributed by atoms with Gasteiger partial charge in [-0.2, -0.15) is 0 Å². The van der Waals surface area contributed by atoms with Crippen LogP contribution in [-0.4, -0.2) is 72.4 Å². The van der Waals surface area contributed by atoms with Gasteiger partial charge in [0.2, 0.25) is 5.91 Å². The number of fused-ring (bicyclic) bond motifs is 3. The van der Waals surface area contributed by atoms with Crippen LogP contribution in [0.5, 0.6) is 0 Å². The number of carbonyl (C=O) groups excluding carboxylic acids is 2. The molecule has 42 heavy (non-hydrogen) atoms. The summed E-state index contributed by atoms with van der Waals surface area (Å²) in [5.41, 5.74) is 5.62. The number of likely N-dealkylation sites (tertiary alicyclic amines) is 1. The molecule has 9 heteroatoms. The summed E-state index contributed by atoms with van der Waals surface area (Å²) in [5, 5.41) is 15.2. The van der Waals surface area contributed by atoms with Crippen molar-refractivity contribution in [2.24, 2.45) is 0 Å². The van der Waals surface area contributed by atoms with E-state index >= 15 is 0 Å². The molecule has 0 spiro atoms. The van der Waals surface area contributed by atoms with E-state index in [0.717, 1.165) is 5.56 Å². The first kappa shape index (κ1) is 29.3. The minimum absolute atomic E-state index is 0.00425. The number of hydrogen-bond acceptors (Lipinski definition) is 6. The second-order valence-electron chi connectivity index (χ2n) is 10.9. The molecular formula is C33H37N3O6. The number of carboxylic acid groups (broad SMARTS) is 1. The van der Waals surface area contributed by atoms with Crippen molar-refractivity contribution in [1.29, 1.82) is 0 Å². The Hall–Kier alpha value is -4.21. The van der Waals surface area contributed by atoms with Crippen molar-refractivity contribution in [2.45, 2.75) is 50.5 Å². The summed E-state index contributed by atoms with van der Waals surface area (Å²) in [7, 11) is 0. The third kappa shape index (κ3) is 7.16. The Labute approximate surface area is 245 Å². The maximum atomic E-state index is 12.7. The van der Waals surface area contributed by atoms with Crippen LogP contribution in [0.3, 0.4) is 0 Å². The number of carboxylic acids is 1. The highest BCUT2D eigenvalue weighted by atomic mass is 16.5. The van der Waals surface area contributed by atoms with Crippen molar-refractivity contribution in [2.75, 3.05) is 26.2 Å². The number of piperidine rings is 1. The predicted molar refractivity (Wildman–Crippen MR) is 158 cm³/mol.